The van der Waals surface area contributed by atoms with E-state index in [1.54, 1.807) is 7.11 Å². The van der Waals surface area contributed by atoms with E-state index < -0.39 is 0 Å². The standard InChI is InChI=1S/C15H28N4O2/c1-6-16-13-8-14(19-15(18-13)10-20-5)17-12(11(3)4)9-21-7-2/h8,11-12H,6-7,9-10H2,1-5H3,(H2,16,17,18,19). The van der Waals surface area contributed by atoms with Gasteiger partial charge in [0.1, 0.15) is 18.2 Å². The molecule has 120 valence electrons. The minimum absolute atomic E-state index is 0.213. The number of ether oxygens (including phenoxy) is 2. The van der Waals surface area contributed by atoms with Gasteiger partial charge in [-0.05, 0) is 19.8 Å². The van der Waals surface area contributed by atoms with Gasteiger partial charge in [-0.15, -0.1) is 0 Å². The summed E-state index contributed by atoms with van der Waals surface area (Å²) < 4.78 is 10.7. The molecule has 1 heterocycles. The lowest BCUT2D eigenvalue weighted by atomic mass is 10.1. The Bertz CT molecular complexity index is 388. The maximum Gasteiger partial charge on any atom is 0.158 e. The molecule has 1 unspecified atom stereocenters. The van der Waals surface area contributed by atoms with Gasteiger partial charge in [0.15, 0.2) is 5.82 Å². The van der Waals surface area contributed by atoms with Crippen LogP contribution >= 0.6 is 0 Å². The molecule has 0 aromatic carbocycles. The lowest BCUT2D eigenvalue weighted by Gasteiger charge is -2.23. The monoisotopic (exact) mass is 296 g/mol. The van der Waals surface area contributed by atoms with Crippen molar-refractivity contribution < 1.29 is 9.47 Å². The zero-order chi connectivity index (χ0) is 15.7. The summed E-state index contributed by atoms with van der Waals surface area (Å²) in [5.41, 5.74) is 0. The van der Waals surface area contributed by atoms with Crippen LogP contribution in [0.4, 0.5) is 11.6 Å². The highest BCUT2D eigenvalue weighted by Crippen LogP contribution is 2.15. The van der Waals surface area contributed by atoms with Crippen LogP contribution in [0.25, 0.3) is 0 Å². The van der Waals surface area contributed by atoms with Gasteiger partial charge in [0.25, 0.3) is 0 Å². The van der Waals surface area contributed by atoms with Crippen LogP contribution in [0.15, 0.2) is 6.07 Å². The Kier molecular flexibility index (Phi) is 8.00. The molecular weight excluding hydrogens is 268 g/mol. The Morgan fingerprint density at radius 2 is 1.90 bits per heavy atom. The summed E-state index contributed by atoms with van der Waals surface area (Å²) in [5, 5.41) is 6.65. The van der Waals surface area contributed by atoms with Gasteiger partial charge in [-0.1, -0.05) is 13.8 Å². The molecule has 0 aliphatic rings. The Hall–Kier alpha value is -1.40. The molecule has 21 heavy (non-hydrogen) atoms. The lowest BCUT2D eigenvalue weighted by molar-refractivity contribution is 0.126. The number of hydrogen-bond donors (Lipinski definition) is 2. The Morgan fingerprint density at radius 3 is 2.48 bits per heavy atom. The van der Waals surface area contributed by atoms with E-state index in [2.05, 4.69) is 34.4 Å². The average Bonchev–Trinajstić information content (AvgIpc) is 2.43. The van der Waals surface area contributed by atoms with Crippen molar-refractivity contribution in [1.29, 1.82) is 0 Å². The summed E-state index contributed by atoms with van der Waals surface area (Å²) in [5.74, 6) is 2.71. The normalized spacial score (nSPS) is 12.5. The molecule has 0 radical (unpaired) electrons. The molecule has 1 atom stereocenters. The predicted octanol–water partition coefficient (Wildman–Crippen LogP) is 2.53. The van der Waals surface area contributed by atoms with E-state index in [1.165, 1.54) is 0 Å². The fraction of sp³-hybridized carbons (Fsp3) is 0.733. The first-order valence-electron chi connectivity index (χ1n) is 7.55. The van der Waals surface area contributed by atoms with Gasteiger partial charge in [0.2, 0.25) is 0 Å². The summed E-state index contributed by atoms with van der Waals surface area (Å²) in [6.07, 6.45) is 0. The molecule has 0 fully saturated rings. The first kappa shape index (κ1) is 17.7. The smallest absolute Gasteiger partial charge is 0.158 e. The highest BCUT2D eigenvalue weighted by molar-refractivity contribution is 5.48. The highest BCUT2D eigenvalue weighted by Gasteiger charge is 2.15. The second kappa shape index (κ2) is 9.52. The largest absolute Gasteiger partial charge is 0.380 e. The number of hydrogen-bond acceptors (Lipinski definition) is 6. The number of nitrogens with one attached hydrogen (secondary N) is 2. The number of rotatable bonds is 10. The fourth-order valence-electron chi connectivity index (χ4n) is 1.87. The topological polar surface area (TPSA) is 68.3 Å². The SMILES string of the molecule is CCNc1cc(NC(COCC)C(C)C)nc(COC)n1. The molecule has 0 spiro atoms. The molecule has 6 nitrogen and oxygen atoms in total. The van der Waals surface area contributed by atoms with E-state index in [9.17, 15) is 0 Å². The molecule has 1 rings (SSSR count). The summed E-state index contributed by atoms with van der Waals surface area (Å²) in [6, 6.07) is 2.13. The zero-order valence-electron chi connectivity index (χ0n) is 13.8. The van der Waals surface area contributed by atoms with E-state index in [4.69, 9.17) is 9.47 Å². The second-order valence-corrected chi connectivity index (χ2v) is 5.17. The van der Waals surface area contributed by atoms with Crippen LogP contribution < -0.4 is 10.6 Å². The van der Waals surface area contributed by atoms with Crippen LogP contribution in [-0.4, -0.2) is 42.9 Å². The van der Waals surface area contributed by atoms with Crippen LogP contribution in [-0.2, 0) is 16.1 Å². The molecule has 2 N–H and O–H groups in total. The molecule has 0 aliphatic carbocycles. The predicted molar refractivity (Wildman–Crippen MR) is 85.7 cm³/mol. The molecule has 1 aromatic heterocycles. The molecule has 0 saturated heterocycles. The van der Waals surface area contributed by atoms with Crippen LogP contribution in [0.5, 0.6) is 0 Å². The Balaban J connectivity index is 2.87. The molecule has 0 aliphatic heterocycles. The molecule has 6 heteroatoms. The van der Waals surface area contributed by atoms with Crippen LogP contribution in [0.3, 0.4) is 0 Å². The van der Waals surface area contributed by atoms with Gasteiger partial charge in [-0.2, -0.15) is 0 Å². The van der Waals surface area contributed by atoms with Crippen molar-refractivity contribution in [3.63, 3.8) is 0 Å². The van der Waals surface area contributed by atoms with Crippen LogP contribution in [0.1, 0.15) is 33.5 Å². The number of anilines is 2. The highest BCUT2D eigenvalue weighted by atomic mass is 16.5. The second-order valence-electron chi connectivity index (χ2n) is 5.17. The third-order valence-electron chi connectivity index (χ3n) is 3.04. The van der Waals surface area contributed by atoms with Crippen molar-refractivity contribution in [2.45, 2.75) is 40.3 Å². The van der Waals surface area contributed by atoms with Crippen molar-refractivity contribution in [2.24, 2.45) is 5.92 Å². The van der Waals surface area contributed by atoms with Gasteiger partial charge in [0.05, 0.1) is 12.6 Å². The van der Waals surface area contributed by atoms with Crippen molar-refractivity contribution in [2.75, 3.05) is 37.5 Å². The van der Waals surface area contributed by atoms with Crippen molar-refractivity contribution in [1.82, 2.24) is 9.97 Å². The van der Waals surface area contributed by atoms with Gasteiger partial charge in [-0.25, -0.2) is 9.97 Å². The summed E-state index contributed by atoms with van der Waals surface area (Å²) in [4.78, 5) is 8.90. The van der Waals surface area contributed by atoms with E-state index >= 15 is 0 Å². The summed E-state index contributed by atoms with van der Waals surface area (Å²) >= 11 is 0. The zero-order valence-corrected chi connectivity index (χ0v) is 13.8. The molecule has 0 amide bonds. The molecular formula is C15H28N4O2. The minimum Gasteiger partial charge on any atom is -0.380 e. The van der Waals surface area contributed by atoms with Crippen molar-refractivity contribution in [3.8, 4) is 0 Å². The van der Waals surface area contributed by atoms with E-state index in [0.29, 0.717) is 31.6 Å². The number of nitrogens with zero attached hydrogens (tertiary/aromatic N) is 2. The third kappa shape index (κ3) is 6.27. The lowest BCUT2D eigenvalue weighted by Crippen LogP contribution is -2.31. The first-order chi connectivity index (χ1) is 10.1. The fourth-order valence-corrected chi connectivity index (χ4v) is 1.87. The maximum atomic E-state index is 5.54. The van der Waals surface area contributed by atoms with Crippen molar-refractivity contribution in [3.05, 3.63) is 11.9 Å². The van der Waals surface area contributed by atoms with Crippen LogP contribution in [0.2, 0.25) is 0 Å². The van der Waals surface area contributed by atoms with E-state index in [0.717, 1.165) is 18.2 Å². The Labute approximate surface area is 127 Å². The maximum absolute atomic E-state index is 5.54. The van der Waals surface area contributed by atoms with Crippen LogP contribution in [0, 0.1) is 5.92 Å². The molecule has 1 aromatic rings. The van der Waals surface area contributed by atoms with Gasteiger partial charge in [0, 0.05) is 26.3 Å². The molecule has 0 saturated carbocycles. The van der Waals surface area contributed by atoms with Crippen molar-refractivity contribution >= 4 is 11.6 Å². The van der Waals surface area contributed by atoms with Gasteiger partial charge < -0.3 is 20.1 Å². The van der Waals surface area contributed by atoms with Gasteiger partial charge >= 0.3 is 0 Å². The van der Waals surface area contributed by atoms with E-state index in [-0.39, 0.29) is 6.04 Å². The minimum atomic E-state index is 0.213. The first-order valence-corrected chi connectivity index (χ1v) is 7.55. The quantitative estimate of drug-likeness (QED) is 0.691. The molecule has 0 bridgehead atoms. The average molecular weight is 296 g/mol. The number of aromatic nitrogens is 2. The summed E-state index contributed by atoms with van der Waals surface area (Å²) in [6.45, 7) is 11.0. The van der Waals surface area contributed by atoms with E-state index in [1.807, 2.05) is 19.9 Å². The third-order valence-corrected chi connectivity index (χ3v) is 3.04. The van der Waals surface area contributed by atoms with Gasteiger partial charge in [-0.3, -0.25) is 0 Å². The number of methoxy groups -OCH3 is 1. The summed E-state index contributed by atoms with van der Waals surface area (Å²) in [7, 11) is 1.64. The Morgan fingerprint density at radius 1 is 1.19 bits per heavy atom.